The molecule has 2 aromatic rings. The molecule has 0 bridgehead atoms. The number of nitrogens with one attached hydrogen (secondary N) is 2. The third kappa shape index (κ3) is 2.99. The van der Waals surface area contributed by atoms with Crippen molar-refractivity contribution in [3.8, 4) is 6.07 Å². The first-order valence-corrected chi connectivity index (χ1v) is 7.00. The van der Waals surface area contributed by atoms with E-state index in [9.17, 15) is 8.42 Å². The number of aromatic amines is 1. The number of sulfonamides is 1. The lowest BCUT2D eigenvalue weighted by Crippen LogP contribution is -2.24. The van der Waals surface area contributed by atoms with Gasteiger partial charge in [-0.1, -0.05) is 0 Å². The van der Waals surface area contributed by atoms with E-state index < -0.39 is 10.0 Å². The highest BCUT2D eigenvalue weighted by atomic mass is 32.2. The van der Waals surface area contributed by atoms with Gasteiger partial charge < -0.3 is 4.98 Å². The summed E-state index contributed by atoms with van der Waals surface area (Å²) >= 11 is 0. The van der Waals surface area contributed by atoms with E-state index in [-0.39, 0.29) is 11.4 Å². The smallest absolute Gasteiger partial charge is 0.241 e. The van der Waals surface area contributed by atoms with Crippen LogP contribution in [0.25, 0.3) is 0 Å². The minimum atomic E-state index is -3.61. The van der Waals surface area contributed by atoms with E-state index in [1.54, 1.807) is 25.4 Å². The summed E-state index contributed by atoms with van der Waals surface area (Å²) in [6.45, 7) is 1.75. The minimum Gasteiger partial charge on any atom is -0.347 e. The molecule has 0 aliphatic carbocycles. The second kappa shape index (κ2) is 5.22. The van der Waals surface area contributed by atoms with Gasteiger partial charge >= 0.3 is 0 Å². The number of aromatic nitrogens is 2. The molecule has 0 aliphatic heterocycles. The van der Waals surface area contributed by atoms with E-state index >= 15 is 0 Å². The summed E-state index contributed by atoms with van der Waals surface area (Å²) < 4.78 is 26.7. The zero-order chi connectivity index (χ0) is 13.9. The normalized spacial score (nSPS) is 11.2. The van der Waals surface area contributed by atoms with Crippen LogP contribution < -0.4 is 4.72 Å². The summed E-state index contributed by atoms with van der Waals surface area (Å²) in [5.74, 6) is 0.537. The van der Waals surface area contributed by atoms with E-state index in [0.29, 0.717) is 17.0 Å². The molecular weight excluding hydrogens is 264 g/mol. The molecule has 2 N–H and O–H groups in total. The second-order valence-corrected chi connectivity index (χ2v) is 5.69. The highest BCUT2D eigenvalue weighted by Gasteiger charge is 2.17. The largest absolute Gasteiger partial charge is 0.347 e. The molecule has 0 amide bonds. The Kier molecular flexibility index (Phi) is 3.64. The van der Waals surface area contributed by atoms with Gasteiger partial charge in [0.15, 0.2) is 0 Å². The van der Waals surface area contributed by atoms with Gasteiger partial charge in [0.1, 0.15) is 5.82 Å². The maximum absolute atomic E-state index is 12.1. The first-order valence-electron chi connectivity index (χ1n) is 5.51. The molecule has 19 heavy (non-hydrogen) atoms. The maximum atomic E-state index is 12.1. The van der Waals surface area contributed by atoms with Crippen LogP contribution in [0, 0.1) is 18.3 Å². The second-order valence-electron chi connectivity index (χ2n) is 3.95. The van der Waals surface area contributed by atoms with Crippen molar-refractivity contribution in [2.75, 3.05) is 0 Å². The topological polar surface area (TPSA) is 98.6 Å². The standard InChI is InChI=1S/C12H12N4O2S/c1-9-6-10(7-13)2-3-11(9)19(17,18)16-8-12-14-4-5-15-12/h2-6,16H,8H2,1H3,(H,14,15). The molecule has 0 saturated carbocycles. The summed E-state index contributed by atoms with van der Waals surface area (Å²) in [5, 5.41) is 8.76. The number of hydrogen-bond acceptors (Lipinski definition) is 4. The summed E-state index contributed by atoms with van der Waals surface area (Å²) in [7, 11) is -3.61. The van der Waals surface area contributed by atoms with Gasteiger partial charge in [0, 0.05) is 12.4 Å². The molecule has 1 aromatic heterocycles. The fourth-order valence-corrected chi connectivity index (χ4v) is 2.87. The summed E-state index contributed by atoms with van der Waals surface area (Å²) in [5.41, 5.74) is 0.966. The van der Waals surface area contributed by atoms with Crippen molar-refractivity contribution in [3.63, 3.8) is 0 Å². The molecule has 0 unspecified atom stereocenters. The molecule has 7 heteroatoms. The van der Waals surface area contributed by atoms with Gasteiger partial charge in [-0.05, 0) is 30.7 Å². The van der Waals surface area contributed by atoms with E-state index in [1.165, 1.54) is 12.1 Å². The average Bonchev–Trinajstić information content (AvgIpc) is 2.89. The van der Waals surface area contributed by atoms with Crippen molar-refractivity contribution in [1.82, 2.24) is 14.7 Å². The molecular formula is C12H12N4O2S. The number of nitriles is 1. The molecule has 0 radical (unpaired) electrons. The molecule has 6 nitrogen and oxygen atoms in total. The van der Waals surface area contributed by atoms with Gasteiger partial charge in [-0.15, -0.1) is 0 Å². The van der Waals surface area contributed by atoms with Crippen LogP contribution in [-0.2, 0) is 16.6 Å². The van der Waals surface area contributed by atoms with E-state index in [4.69, 9.17) is 5.26 Å². The molecule has 0 spiro atoms. The molecule has 0 atom stereocenters. The SMILES string of the molecule is Cc1cc(C#N)ccc1S(=O)(=O)NCc1ncc[nH]1. The van der Waals surface area contributed by atoms with Crippen LogP contribution in [0.4, 0.5) is 0 Å². The average molecular weight is 276 g/mol. The fourth-order valence-electron chi connectivity index (χ4n) is 1.66. The quantitative estimate of drug-likeness (QED) is 0.872. The Morgan fingerprint density at radius 3 is 2.84 bits per heavy atom. The van der Waals surface area contributed by atoms with Crippen LogP contribution in [0.5, 0.6) is 0 Å². The lowest BCUT2D eigenvalue weighted by atomic mass is 10.2. The van der Waals surface area contributed by atoms with E-state index in [1.807, 2.05) is 6.07 Å². The van der Waals surface area contributed by atoms with Crippen molar-refractivity contribution in [1.29, 1.82) is 5.26 Å². The predicted octanol–water partition coefficient (Wildman–Crippen LogP) is 1.07. The van der Waals surface area contributed by atoms with Gasteiger partial charge in [-0.2, -0.15) is 5.26 Å². The van der Waals surface area contributed by atoms with Gasteiger partial charge in [0.2, 0.25) is 10.0 Å². The van der Waals surface area contributed by atoms with Crippen LogP contribution in [0.2, 0.25) is 0 Å². The molecule has 2 rings (SSSR count). The monoisotopic (exact) mass is 276 g/mol. The molecule has 0 saturated heterocycles. The summed E-state index contributed by atoms with van der Waals surface area (Å²) in [6, 6.07) is 6.42. The highest BCUT2D eigenvalue weighted by molar-refractivity contribution is 7.89. The van der Waals surface area contributed by atoms with Crippen LogP contribution in [0.1, 0.15) is 17.0 Å². The van der Waals surface area contributed by atoms with Crippen molar-refractivity contribution >= 4 is 10.0 Å². The number of nitrogens with zero attached hydrogens (tertiary/aromatic N) is 2. The first kappa shape index (κ1) is 13.3. The zero-order valence-electron chi connectivity index (χ0n) is 10.2. The number of hydrogen-bond donors (Lipinski definition) is 2. The predicted molar refractivity (Wildman–Crippen MR) is 68.5 cm³/mol. The summed E-state index contributed by atoms with van der Waals surface area (Å²) in [4.78, 5) is 6.92. The van der Waals surface area contributed by atoms with Crippen molar-refractivity contribution in [3.05, 3.63) is 47.5 Å². The van der Waals surface area contributed by atoms with E-state index in [0.717, 1.165) is 0 Å². The number of aryl methyl sites for hydroxylation is 1. The first-order chi connectivity index (χ1) is 9.03. The van der Waals surface area contributed by atoms with Gasteiger partial charge in [-0.3, -0.25) is 0 Å². The van der Waals surface area contributed by atoms with Crippen molar-refractivity contribution in [2.24, 2.45) is 0 Å². The molecule has 98 valence electrons. The molecule has 0 fully saturated rings. The van der Waals surface area contributed by atoms with Crippen LogP contribution in [-0.4, -0.2) is 18.4 Å². The molecule has 1 heterocycles. The van der Waals surface area contributed by atoms with Crippen LogP contribution >= 0.6 is 0 Å². The van der Waals surface area contributed by atoms with Gasteiger partial charge in [0.05, 0.1) is 23.1 Å². The Labute approximate surface area is 111 Å². The Hall–Kier alpha value is -2.17. The van der Waals surface area contributed by atoms with Gasteiger partial charge in [-0.25, -0.2) is 18.1 Å². The van der Waals surface area contributed by atoms with Gasteiger partial charge in [0.25, 0.3) is 0 Å². The fraction of sp³-hybridized carbons (Fsp3) is 0.167. The third-order valence-corrected chi connectivity index (χ3v) is 4.14. The number of H-pyrrole nitrogens is 1. The van der Waals surface area contributed by atoms with Crippen molar-refractivity contribution in [2.45, 2.75) is 18.4 Å². The minimum absolute atomic E-state index is 0.0920. The van der Waals surface area contributed by atoms with Crippen molar-refractivity contribution < 1.29 is 8.42 Å². The lowest BCUT2D eigenvalue weighted by molar-refractivity contribution is 0.579. The summed E-state index contributed by atoms with van der Waals surface area (Å²) in [6.07, 6.45) is 3.17. The van der Waals surface area contributed by atoms with E-state index in [2.05, 4.69) is 14.7 Å². The molecule has 1 aromatic carbocycles. The Bertz CT molecular complexity index is 715. The Morgan fingerprint density at radius 1 is 1.47 bits per heavy atom. The number of rotatable bonds is 4. The highest BCUT2D eigenvalue weighted by Crippen LogP contribution is 2.16. The zero-order valence-corrected chi connectivity index (χ0v) is 11.0. The number of benzene rings is 1. The third-order valence-electron chi connectivity index (χ3n) is 2.58. The number of imidazole rings is 1. The van der Waals surface area contributed by atoms with Crippen LogP contribution in [0.15, 0.2) is 35.5 Å². The lowest BCUT2D eigenvalue weighted by Gasteiger charge is -2.08. The Morgan fingerprint density at radius 2 is 2.26 bits per heavy atom. The Balaban J connectivity index is 2.22. The van der Waals surface area contributed by atoms with Crippen LogP contribution in [0.3, 0.4) is 0 Å². The molecule has 0 aliphatic rings. The maximum Gasteiger partial charge on any atom is 0.241 e.